The first-order chi connectivity index (χ1) is 13.2. The van der Waals surface area contributed by atoms with Crippen molar-refractivity contribution < 1.29 is 18.7 Å². The van der Waals surface area contributed by atoms with Crippen LogP contribution in [0.1, 0.15) is 16.1 Å². The fraction of sp³-hybridized carbons (Fsp3) is 0.150. The SMILES string of the molecule is O=C(COc1cccc(NC(=O)c2ccco2)c1)NCCc1cccnc1. The summed E-state index contributed by atoms with van der Waals surface area (Å²) in [5.74, 6) is 0.123. The number of ether oxygens (including phenoxy) is 1. The van der Waals surface area contributed by atoms with E-state index in [4.69, 9.17) is 9.15 Å². The van der Waals surface area contributed by atoms with Crippen molar-refractivity contribution in [2.45, 2.75) is 6.42 Å². The van der Waals surface area contributed by atoms with Gasteiger partial charge in [0.25, 0.3) is 11.8 Å². The van der Waals surface area contributed by atoms with E-state index in [1.165, 1.54) is 6.26 Å². The molecular formula is C20H19N3O4. The summed E-state index contributed by atoms with van der Waals surface area (Å²) in [6.45, 7) is 0.399. The van der Waals surface area contributed by atoms with Gasteiger partial charge < -0.3 is 19.8 Å². The molecule has 2 amide bonds. The van der Waals surface area contributed by atoms with Crippen molar-refractivity contribution in [3.63, 3.8) is 0 Å². The fourth-order valence-electron chi connectivity index (χ4n) is 2.36. The number of nitrogens with one attached hydrogen (secondary N) is 2. The van der Waals surface area contributed by atoms with Crippen LogP contribution in [0, 0.1) is 0 Å². The zero-order valence-electron chi connectivity index (χ0n) is 14.6. The Morgan fingerprint density at radius 1 is 1.11 bits per heavy atom. The molecule has 0 aliphatic carbocycles. The average molecular weight is 365 g/mol. The van der Waals surface area contributed by atoms with Crippen LogP contribution < -0.4 is 15.4 Å². The number of carbonyl (C=O) groups is 2. The molecule has 0 fully saturated rings. The lowest BCUT2D eigenvalue weighted by Gasteiger charge is -2.09. The van der Waals surface area contributed by atoms with Gasteiger partial charge in [0.1, 0.15) is 5.75 Å². The van der Waals surface area contributed by atoms with Gasteiger partial charge in [0.05, 0.1) is 6.26 Å². The molecule has 2 aromatic heterocycles. The Bertz CT molecular complexity index is 879. The Morgan fingerprint density at radius 3 is 2.81 bits per heavy atom. The Balaban J connectivity index is 1.43. The number of carbonyl (C=O) groups excluding carboxylic acids is 2. The van der Waals surface area contributed by atoms with Gasteiger partial charge in [-0.1, -0.05) is 12.1 Å². The van der Waals surface area contributed by atoms with E-state index in [0.29, 0.717) is 24.4 Å². The number of benzene rings is 1. The minimum atomic E-state index is -0.356. The highest BCUT2D eigenvalue weighted by Gasteiger charge is 2.09. The van der Waals surface area contributed by atoms with Crippen LogP contribution in [0.4, 0.5) is 5.69 Å². The van der Waals surface area contributed by atoms with E-state index in [9.17, 15) is 9.59 Å². The minimum Gasteiger partial charge on any atom is -0.484 e. The molecule has 0 saturated carbocycles. The molecule has 2 heterocycles. The molecule has 0 spiro atoms. The molecular weight excluding hydrogens is 346 g/mol. The zero-order valence-corrected chi connectivity index (χ0v) is 14.6. The first-order valence-electron chi connectivity index (χ1n) is 8.44. The first kappa shape index (κ1) is 18.2. The number of hydrogen-bond donors (Lipinski definition) is 2. The molecule has 3 aromatic rings. The summed E-state index contributed by atoms with van der Waals surface area (Å²) in [5.41, 5.74) is 1.60. The zero-order chi connectivity index (χ0) is 18.9. The monoisotopic (exact) mass is 365 g/mol. The van der Waals surface area contributed by atoms with Crippen molar-refractivity contribution in [1.29, 1.82) is 0 Å². The maximum absolute atomic E-state index is 12.0. The van der Waals surface area contributed by atoms with Crippen LogP contribution in [-0.2, 0) is 11.2 Å². The molecule has 0 aliphatic heterocycles. The molecule has 27 heavy (non-hydrogen) atoms. The average Bonchev–Trinajstić information content (AvgIpc) is 3.23. The van der Waals surface area contributed by atoms with Crippen LogP contribution in [-0.4, -0.2) is 29.9 Å². The summed E-state index contributed by atoms with van der Waals surface area (Å²) in [7, 11) is 0. The third kappa shape index (κ3) is 5.71. The third-order valence-electron chi connectivity index (χ3n) is 3.67. The minimum absolute atomic E-state index is 0.109. The Labute approximate surface area is 156 Å². The van der Waals surface area contributed by atoms with Gasteiger partial charge in [0.15, 0.2) is 12.4 Å². The van der Waals surface area contributed by atoms with E-state index in [0.717, 1.165) is 5.56 Å². The van der Waals surface area contributed by atoms with Crippen LogP contribution in [0.25, 0.3) is 0 Å². The normalized spacial score (nSPS) is 10.2. The number of furan rings is 1. The van der Waals surface area contributed by atoms with Crippen LogP contribution >= 0.6 is 0 Å². The van der Waals surface area contributed by atoms with Gasteiger partial charge >= 0.3 is 0 Å². The van der Waals surface area contributed by atoms with Crippen LogP contribution in [0.15, 0.2) is 71.6 Å². The van der Waals surface area contributed by atoms with E-state index in [1.54, 1.807) is 48.8 Å². The smallest absolute Gasteiger partial charge is 0.291 e. The van der Waals surface area contributed by atoms with Crippen molar-refractivity contribution in [3.8, 4) is 5.75 Å². The molecule has 3 rings (SSSR count). The van der Waals surface area contributed by atoms with E-state index in [-0.39, 0.29) is 24.2 Å². The maximum atomic E-state index is 12.0. The van der Waals surface area contributed by atoms with E-state index in [2.05, 4.69) is 15.6 Å². The van der Waals surface area contributed by atoms with Crippen molar-refractivity contribution in [2.24, 2.45) is 0 Å². The highest BCUT2D eigenvalue weighted by molar-refractivity contribution is 6.02. The summed E-state index contributed by atoms with van der Waals surface area (Å²) in [6.07, 6.45) is 5.61. The van der Waals surface area contributed by atoms with E-state index >= 15 is 0 Å². The van der Waals surface area contributed by atoms with Crippen molar-refractivity contribution in [2.75, 3.05) is 18.5 Å². The largest absolute Gasteiger partial charge is 0.484 e. The number of rotatable bonds is 8. The Kier molecular flexibility index (Phi) is 6.19. The lowest BCUT2D eigenvalue weighted by Crippen LogP contribution is -2.30. The van der Waals surface area contributed by atoms with Crippen molar-refractivity contribution in [1.82, 2.24) is 10.3 Å². The van der Waals surface area contributed by atoms with Gasteiger partial charge in [0.2, 0.25) is 0 Å². The van der Waals surface area contributed by atoms with Crippen molar-refractivity contribution in [3.05, 3.63) is 78.5 Å². The van der Waals surface area contributed by atoms with Gasteiger partial charge in [-0.25, -0.2) is 0 Å². The molecule has 0 saturated heterocycles. The lowest BCUT2D eigenvalue weighted by atomic mass is 10.2. The quantitative estimate of drug-likeness (QED) is 0.640. The Hall–Kier alpha value is -3.61. The van der Waals surface area contributed by atoms with Crippen LogP contribution in [0.2, 0.25) is 0 Å². The standard InChI is InChI=1S/C20H19N3O4/c24-19(22-10-8-15-4-2-9-21-13-15)14-27-17-6-1-5-16(12-17)23-20(25)18-7-3-11-26-18/h1-7,9,11-13H,8,10,14H2,(H,22,24)(H,23,25). The molecule has 0 radical (unpaired) electrons. The van der Waals surface area contributed by atoms with Gasteiger partial charge in [0, 0.05) is 30.7 Å². The predicted molar refractivity (Wildman–Crippen MR) is 99.5 cm³/mol. The molecule has 7 nitrogen and oxygen atoms in total. The van der Waals surface area contributed by atoms with E-state index in [1.807, 2.05) is 12.1 Å². The van der Waals surface area contributed by atoms with Gasteiger partial charge in [-0.15, -0.1) is 0 Å². The highest BCUT2D eigenvalue weighted by Crippen LogP contribution is 2.18. The number of nitrogens with zero attached hydrogens (tertiary/aromatic N) is 1. The molecule has 0 atom stereocenters. The lowest BCUT2D eigenvalue weighted by molar-refractivity contribution is -0.123. The van der Waals surface area contributed by atoms with E-state index < -0.39 is 0 Å². The first-order valence-corrected chi connectivity index (χ1v) is 8.44. The second kappa shape index (κ2) is 9.19. The summed E-state index contributed by atoms with van der Waals surface area (Å²) in [4.78, 5) is 27.9. The third-order valence-corrected chi connectivity index (χ3v) is 3.67. The highest BCUT2D eigenvalue weighted by atomic mass is 16.5. The molecule has 0 bridgehead atoms. The fourth-order valence-corrected chi connectivity index (χ4v) is 2.36. The number of hydrogen-bond acceptors (Lipinski definition) is 5. The second-order valence-corrected chi connectivity index (χ2v) is 5.71. The number of pyridine rings is 1. The predicted octanol–water partition coefficient (Wildman–Crippen LogP) is 2.66. The molecule has 138 valence electrons. The van der Waals surface area contributed by atoms with Gasteiger partial charge in [-0.2, -0.15) is 0 Å². The summed E-state index contributed by atoms with van der Waals surface area (Å²) in [5, 5.41) is 5.50. The maximum Gasteiger partial charge on any atom is 0.291 e. The topological polar surface area (TPSA) is 93.5 Å². The Morgan fingerprint density at radius 2 is 2.04 bits per heavy atom. The molecule has 2 N–H and O–H groups in total. The van der Waals surface area contributed by atoms with Gasteiger partial charge in [-0.3, -0.25) is 14.6 Å². The summed E-state index contributed by atoms with van der Waals surface area (Å²) < 4.78 is 10.5. The molecule has 7 heteroatoms. The second-order valence-electron chi connectivity index (χ2n) is 5.71. The molecule has 1 aromatic carbocycles. The van der Waals surface area contributed by atoms with Crippen LogP contribution in [0.5, 0.6) is 5.75 Å². The number of amides is 2. The molecule has 0 unspecified atom stereocenters. The molecule has 0 aliphatic rings. The number of aromatic nitrogens is 1. The van der Waals surface area contributed by atoms with Crippen LogP contribution in [0.3, 0.4) is 0 Å². The summed E-state index contributed by atoms with van der Waals surface area (Å²) in [6, 6.07) is 13.8. The van der Waals surface area contributed by atoms with Crippen molar-refractivity contribution >= 4 is 17.5 Å². The summed E-state index contributed by atoms with van der Waals surface area (Å²) >= 11 is 0. The van der Waals surface area contributed by atoms with Gasteiger partial charge in [-0.05, 0) is 42.3 Å². The number of anilines is 1.